The highest BCUT2D eigenvalue weighted by molar-refractivity contribution is 5.36. The van der Waals surface area contributed by atoms with Crippen molar-refractivity contribution in [2.45, 2.75) is 215 Å². The highest BCUT2D eigenvalue weighted by Gasteiger charge is 2.59. The van der Waals surface area contributed by atoms with Gasteiger partial charge < -0.3 is 179 Å². The number of hydrogen-bond donors (Lipinski definition) is 22. The fraction of sp³-hybridized carbons (Fsp3) is 0.875. The van der Waals surface area contributed by atoms with Crippen molar-refractivity contribution in [1.82, 2.24) is 0 Å². The zero-order valence-electron chi connectivity index (χ0n) is 45.3. The fourth-order valence-corrected chi connectivity index (χ4v) is 10.9. The van der Waals surface area contributed by atoms with Gasteiger partial charge in [-0.3, -0.25) is 10.1 Å². The number of hydrogen-bond acceptors (Lipinski definition) is 38. The molecule has 0 aromatic heterocycles. The molecule has 0 amide bonds. The van der Waals surface area contributed by atoms with Gasteiger partial charge in [0.05, 0.1) is 51.2 Å². The largest absolute Gasteiger partial charge is 0.462 e. The van der Waals surface area contributed by atoms with Gasteiger partial charge in [0.25, 0.3) is 5.69 Å². The molecule has 0 spiro atoms. The van der Waals surface area contributed by atoms with E-state index in [-0.39, 0.29) is 11.4 Å². The molecule has 39 nitrogen and oxygen atoms in total. The summed E-state index contributed by atoms with van der Waals surface area (Å²) in [6.45, 7) is -6.99. The molecular formula is C48H75NO38. The minimum Gasteiger partial charge on any atom is -0.462 e. The molecule has 39 heteroatoms. The average Bonchev–Trinajstić information content (AvgIpc) is 1.64. The van der Waals surface area contributed by atoms with Gasteiger partial charge in [0.1, 0.15) is 177 Å². The molecule has 7 aliphatic rings. The first-order chi connectivity index (χ1) is 41.4. The van der Waals surface area contributed by atoms with Crippen LogP contribution in [0.2, 0.25) is 0 Å². The highest BCUT2D eigenvalue weighted by atomic mass is 16.8. The first kappa shape index (κ1) is 69.9. The summed E-state index contributed by atoms with van der Waals surface area (Å²) in [6, 6.07) is 4.52. The van der Waals surface area contributed by atoms with E-state index in [0.717, 1.165) is 12.1 Å². The van der Waals surface area contributed by atoms with Crippen molar-refractivity contribution in [3.05, 3.63) is 34.4 Å². The molecule has 0 aliphatic carbocycles. The Morgan fingerprint density at radius 2 is 0.506 bits per heavy atom. The van der Waals surface area contributed by atoms with Crippen molar-refractivity contribution in [3.8, 4) is 5.75 Å². The molecule has 8 rings (SSSR count). The van der Waals surface area contributed by atoms with Gasteiger partial charge >= 0.3 is 0 Å². The molecule has 7 aliphatic heterocycles. The second-order valence-electron chi connectivity index (χ2n) is 21.4. The van der Waals surface area contributed by atoms with Crippen LogP contribution >= 0.6 is 0 Å². The minimum atomic E-state index is -2.25. The van der Waals surface area contributed by atoms with Gasteiger partial charge in [0, 0.05) is 12.1 Å². The highest BCUT2D eigenvalue weighted by Crippen LogP contribution is 2.38. The average molecular weight is 1270 g/mol. The second kappa shape index (κ2) is 30.2. The first-order valence-corrected chi connectivity index (χ1v) is 27.3. The summed E-state index contributed by atoms with van der Waals surface area (Å²) in [5.41, 5.74) is -0.289. The Labute approximate surface area is 489 Å². The molecule has 1 aromatic rings. The van der Waals surface area contributed by atoms with Crippen molar-refractivity contribution < 1.29 is 184 Å². The summed E-state index contributed by atoms with van der Waals surface area (Å²) < 4.78 is 78.5. The van der Waals surface area contributed by atoms with Gasteiger partial charge in [-0.1, -0.05) is 0 Å². The molecule has 7 fully saturated rings. The monoisotopic (exact) mass is 1270 g/mol. The first-order valence-electron chi connectivity index (χ1n) is 27.3. The molecule has 0 saturated carbocycles. The number of nitro benzene ring substituents is 1. The Morgan fingerprint density at radius 3 is 0.736 bits per heavy atom. The number of nitro groups is 1. The van der Waals surface area contributed by atoms with Crippen LogP contribution in [0.5, 0.6) is 5.75 Å². The predicted molar refractivity (Wildman–Crippen MR) is 263 cm³/mol. The van der Waals surface area contributed by atoms with Crippen LogP contribution in [0.4, 0.5) is 5.69 Å². The van der Waals surface area contributed by atoms with E-state index in [2.05, 4.69) is 0 Å². The molecule has 87 heavy (non-hydrogen) atoms. The maximum atomic E-state index is 11.4. The van der Waals surface area contributed by atoms with E-state index in [4.69, 9.17) is 66.3 Å². The summed E-state index contributed by atoms with van der Waals surface area (Å²) in [6.07, 6.45) is -67.9. The molecule has 22 N–H and O–H groups in total. The third kappa shape index (κ3) is 14.6. The van der Waals surface area contributed by atoms with Crippen molar-refractivity contribution in [2.24, 2.45) is 0 Å². The standard InChI is InChI=1S/C48H75NO38/c50-5-14-21(57)22(58)29(65)43(75-14)82-37-16(7-52)77-45(31(67)24(37)60)84-39-18(9-54)79-47(33(69)26(39)62)86-41-20(11-56)81-48(35(71)28(41)64)87-40-19(10-55)80-46(34(70)27(40)63)85-38-17(8-53)78-44(32(68)25(38)61)83-36-15(6-51)76-42(30(66)23(36)59)74-13-3-1-12(2-4-13)49(72)73/h1-4,14-48,50-71H,5-11H2/t14-,15+,16-,17+,18-,19+,20+,21+,22-,23-,24+,25-,26+,27-,28-,29?,30-,31?,32-,33?,34-,35-,36+,37+,38+,39+,40+,41+,42-,43+,44+,45+,46+,47+,48+/m0/s1. The van der Waals surface area contributed by atoms with E-state index < -0.39 is 266 Å². The van der Waals surface area contributed by atoms with Gasteiger partial charge in [-0.15, -0.1) is 0 Å². The lowest BCUT2D eigenvalue weighted by Crippen LogP contribution is -2.68. The van der Waals surface area contributed by atoms with E-state index in [1.54, 1.807) is 0 Å². The number of aliphatic hydroxyl groups excluding tert-OH is 22. The Bertz CT molecular complexity index is 2280. The third-order valence-electron chi connectivity index (χ3n) is 15.8. The van der Waals surface area contributed by atoms with Crippen LogP contribution in [-0.2, 0) is 61.6 Å². The van der Waals surface area contributed by atoms with Gasteiger partial charge in [-0.25, -0.2) is 0 Å². The van der Waals surface area contributed by atoms with Crippen LogP contribution < -0.4 is 4.74 Å². The number of non-ortho nitro benzene ring substituents is 1. The topological polar surface area (TPSA) is 617 Å². The van der Waals surface area contributed by atoms with E-state index in [1.165, 1.54) is 12.1 Å². The summed E-state index contributed by atoms with van der Waals surface area (Å²) >= 11 is 0. The number of benzene rings is 1. The summed E-state index contributed by atoms with van der Waals surface area (Å²) in [5, 5.41) is 247. The molecule has 7 saturated heterocycles. The lowest BCUT2D eigenvalue weighted by Gasteiger charge is -2.50. The number of nitrogens with zero attached hydrogens (tertiary/aromatic N) is 1. The molecule has 0 radical (unpaired) electrons. The van der Waals surface area contributed by atoms with Gasteiger partial charge in [-0.05, 0) is 12.1 Å². The van der Waals surface area contributed by atoms with Crippen molar-refractivity contribution in [1.29, 1.82) is 0 Å². The quantitative estimate of drug-likeness (QED) is 0.0379. The van der Waals surface area contributed by atoms with Crippen molar-refractivity contribution in [2.75, 3.05) is 46.2 Å². The predicted octanol–water partition coefficient (Wildman–Crippen LogP) is -14.3. The Morgan fingerprint density at radius 1 is 0.299 bits per heavy atom. The van der Waals surface area contributed by atoms with Crippen molar-refractivity contribution >= 4 is 5.69 Å². The van der Waals surface area contributed by atoms with Crippen LogP contribution in [0.3, 0.4) is 0 Å². The second-order valence-corrected chi connectivity index (χ2v) is 21.4. The van der Waals surface area contributed by atoms with Gasteiger partial charge in [-0.2, -0.15) is 0 Å². The molecular weight excluding hydrogens is 1200 g/mol. The number of ether oxygens (including phenoxy) is 14. The van der Waals surface area contributed by atoms with E-state index in [0.29, 0.717) is 0 Å². The lowest BCUT2D eigenvalue weighted by atomic mass is 9.95. The Balaban J connectivity index is 0.850. The van der Waals surface area contributed by atoms with E-state index >= 15 is 0 Å². The van der Waals surface area contributed by atoms with Crippen LogP contribution in [0.15, 0.2) is 24.3 Å². The lowest BCUT2D eigenvalue weighted by molar-refractivity contribution is -0.397. The Kier molecular flexibility index (Phi) is 24.3. The smallest absolute Gasteiger partial charge is 0.269 e. The molecule has 500 valence electrons. The summed E-state index contributed by atoms with van der Waals surface area (Å²) in [4.78, 5) is 10.4. The maximum Gasteiger partial charge on any atom is 0.269 e. The Hall–Kier alpha value is -2.98. The van der Waals surface area contributed by atoms with E-state index in [1.807, 2.05) is 0 Å². The minimum absolute atomic E-state index is 0.0449. The third-order valence-corrected chi connectivity index (χ3v) is 15.8. The van der Waals surface area contributed by atoms with Gasteiger partial charge in [0.2, 0.25) is 6.29 Å². The number of aliphatic hydroxyl groups is 22. The molecule has 3 unspecified atom stereocenters. The SMILES string of the molecule is O=[N+]([O-])c1ccc(O[C@H]2O[C@H](CO)[C@@H](O[C@H]3O[C@H](CO)[C@@H](O[C@H]4O[C@H](CO)[C@@H](O[C@H]5O[C@H](CO)[C@@H](O[C@H]6O[C@@H](CO)[C@@H](O[C@H]7O[C@@H](CO)[C@@H](O[C@H]8O[C@@H](CO)[C@@H](O)[C@H](O)C8O)[C@H](O)C7O)[C@H](O)C6O)[C@@H](O)[C@@H]5O)[C@@H](O)[C@@H]4O)[C@@H](O)[C@@H]3O)[C@@H](O)[C@@H]2O)cc1. The maximum absolute atomic E-state index is 11.4. The summed E-state index contributed by atoms with van der Waals surface area (Å²) in [5.74, 6) is -0.0449. The fourth-order valence-electron chi connectivity index (χ4n) is 10.9. The van der Waals surface area contributed by atoms with Crippen molar-refractivity contribution in [3.63, 3.8) is 0 Å². The molecule has 35 atom stereocenters. The van der Waals surface area contributed by atoms with E-state index in [9.17, 15) is 122 Å². The van der Waals surface area contributed by atoms with Crippen LogP contribution in [-0.4, -0.2) is 378 Å². The normalized spacial score (nSPS) is 49.1. The van der Waals surface area contributed by atoms with Crippen LogP contribution in [0, 0.1) is 10.1 Å². The van der Waals surface area contributed by atoms with Gasteiger partial charge in [0.15, 0.2) is 37.7 Å². The van der Waals surface area contributed by atoms with Crippen LogP contribution in [0.25, 0.3) is 0 Å². The zero-order chi connectivity index (χ0) is 63.6. The molecule has 7 heterocycles. The summed E-state index contributed by atoms with van der Waals surface area (Å²) in [7, 11) is 0. The molecule has 1 aromatic carbocycles. The number of rotatable bonds is 22. The zero-order valence-corrected chi connectivity index (χ0v) is 45.3. The molecule has 0 bridgehead atoms. The van der Waals surface area contributed by atoms with Crippen LogP contribution in [0.1, 0.15) is 0 Å².